The number of carbonyl (C=O) groups excluding carboxylic acids is 2. The number of halogens is 1. The van der Waals surface area contributed by atoms with Crippen molar-refractivity contribution in [2.24, 2.45) is 5.84 Å². The largest absolute Gasteiger partial charge is 0.290 e. The Morgan fingerprint density at radius 3 is 2.46 bits per heavy atom. The van der Waals surface area contributed by atoms with E-state index in [1.807, 2.05) is 48.5 Å². The van der Waals surface area contributed by atoms with E-state index in [2.05, 4.69) is 21.4 Å². The van der Waals surface area contributed by atoms with E-state index in [-0.39, 0.29) is 12.3 Å². The summed E-state index contributed by atoms with van der Waals surface area (Å²) in [5.41, 5.74) is 4.78. The second-order valence-electron chi connectivity index (χ2n) is 5.48. The molecule has 0 saturated heterocycles. The van der Waals surface area contributed by atoms with E-state index in [0.717, 1.165) is 10.0 Å². The number of para-hydroxylation sites is 1. The van der Waals surface area contributed by atoms with E-state index >= 15 is 0 Å². The SMILES string of the molecule is Cc1c(C(=O)NN)c2ccccc2n1C(=O)Cc1ccc(Br)cc1. The van der Waals surface area contributed by atoms with Crippen LogP contribution in [0.3, 0.4) is 0 Å². The number of amides is 1. The lowest BCUT2D eigenvalue weighted by Crippen LogP contribution is -2.30. The van der Waals surface area contributed by atoms with Gasteiger partial charge in [-0.05, 0) is 30.7 Å². The summed E-state index contributed by atoms with van der Waals surface area (Å²) in [5, 5.41) is 0.710. The van der Waals surface area contributed by atoms with E-state index in [1.165, 1.54) is 0 Å². The summed E-state index contributed by atoms with van der Waals surface area (Å²) in [4.78, 5) is 25.0. The molecule has 3 N–H and O–H groups in total. The maximum atomic E-state index is 12.8. The quantitative estimate of drug-likeness (QED) is 0.412. The smallest absolute Gasteiger partial charge is 0.267 e. The summed E-state index contributed by atoms with van der Waals surface area (Å²) in [5.74, 6) is 4.79. The van der Waals surface area contributed by atoms with Gasteiger partial charge in [0.25, 0.3) is 5.91 Å². The predicted octanol–water partition coefficient (Wildman–Crippen LogP) is 3.20. The average Bonchev–Trinajstić information content (AvgIpc) is 2.88. The first-order valence-corrected chi connectivity index (χ1v) is 8.21. The first-order valence-electron chi connectivity index (χ1n) is 7.41. The fourth-order valence-electron chi connectivity index (χ4n) is 2.90. The number of hydrazine groups is 1. The topological polar surface area (TPSA) is 77.1 Å². The standard InChI is InChI=1S/C18H16BrN3O2/c1-11-17(18(24)21-20)14-4-2-3-5-15(14)22(11)16(23)10-12-6-8-13(19)9-7-12/h2-9H,10,20H2,1H3,(H,21,24). The van der Waals surface area contributed by atoms with Crippen LogP contribution in [0.25, 0.3) is 10.9 Å². The van der Waals surface area contributed by atoms with Gasteiger partial charge < -0.3 is 0 Å². The highest BCUT2D eigenvalue weighted by atomic mass is 79.9. The Kier molecular flexibility index (Phi) is 4.51. The molecule has 0 aliphatic carbocycles. The van der Waals surface area contributed by atoms with Crippen LogP contribution in [0, 0.1) is 6.92 Å². The van der Waals surface area contributed by atoms with Gasteiger partial charge in [0.05, 0.1) is 17.5 Å². The molecule has 0 spiro atoms. The van der Waals surface area contributed by atoms with Crippen molar-refractivity contribution in [3.05, 3.63) is 69.8 Å². The van der Waals surface area contributed by atoms with Crippen LogP contribution < -0.4 is 11.3 Å². The number of carbonyl (C=O) groups is 2. The van der Waals surface area contributed by atoms with Crippen LogP contribution in [0.1, 0.15) is 26.4 Å². The lowest BCUT2D eigenvalue weighted by molar-refractivity contribution is 0.0917. The van der Waals surface area contributed by atoms with Gasteiger partial charge in [-0.2, -0.15) is 0 Å². The average molecular weight is 386 g/mol. The minimum atomic E-state index is -0.404. The second-order valence-corrected chi connectivity index (χ2v) is 6.40. The molecular weight excluding hydrogens is 370 g/mol. The van der Waals surface area contributed by atoms with Crippen molar-refractivity contribution < 1.29 is 9.59 Å². The summed E-state index contributed by atoms with van der Waals surface area (Å²) in [6.07, 6.45) is 0.247. The van der Waals surface area contributed by atoms with Gasteiger partial charge in [0, 0.05) is 15.6 Å². The van der Waals surface area contributed by atoms with Crippen molar-refractivity contribution in [3.8, 4) is 0 Å². The summed E-state index contributed by atoms with van der Waals surface area (Å²) in [6, 6.07) is 14.9. The Morgan fingerprint density at radius 1 is 1.12 bits per heavy atom. The highest BCUT2D eigenvalue weighted by molar-refractivity contribution is 9.10. The predicted molar refractivity (Wildman–Crippen MR) is 96.8 cm³/mol. The Labute approximate surface area is 147 Å². The lowest BCUT2D eigenvalue weighted by Gasteiger charge is -2.08. The fraction of sp³-hybridized carbons (Fsp3) is 0.111. The van der Waals surface area contributed by atoms with Crippen molar-refractivity contribution in [3.63, 3.8) is 0 Å². The number of benzene rings is 2. The zero-order valence-corrected chi connectivity index (χ0v) is 14.6. The molecule has 3 aromatic rings. The molecule has 1 aromatic heterocycles. The molecule has 0 fully saturated rings. The molecule has 24 heavy (non-hydrogen) atoms. The van der Waals surface area contributed by atoms with Crippen molar-refractivity contribution >= 4 is 38.6 Å². The van der Waals surface area contributed by atoms with Crippen molar-refractivity contribution in [1.82, 2.24) is 9.99 Å². The van der Waals surface area contributed by atoms with Crippen molar-refractivity contribution in [1.29, 1.82) is 0 Å². The number of rotatable bonds is 3. The van der Waals surface area contributed by atoms with Crippen LogP contribution in [-0.2, 0) is 6.42 Å². The van der Waals surface area contributed by atoms with Gasteiger partial charge in [-0.3, -0.25) is 19.6 Å². The van der Waals surface area contributed by atoms with Gasteiger partial charge in [-0.25, -0.2) is 5.84 Å². The highest BCUT2D eigenvalue weighted by Crippen LogP contribution is 2.26. The molecule has 122 valence electrons. The summed E-state index contributed by atoms with van der Waals surface area (Å²) >= 11 is 3.38. The van der Waals surface area contributed by atoms with E-state index in [0.29, 0.717) is 22.2 Å². The minimum absolute atomic E-state index is 0.0953. The lowest BCUT2D eigenvalue weighted by atomic mass is 10.1. The van der Waals surface area contributed by atoms with Crippen LogP contribution in [0.5, 0.6) is 0 Å². The Balaban J connectivity index is 2.08. The van der Waals surface area contributed by atoms with Crippen molar-refractivity contribution in [2.45, 2.75) is 13.3 Å². The minimum Gasteiger partial charge on any atom is -0.290 e. The molecule has 3 rings (SSSR count). The van der Waals surface area contributed by atoms with Gasteiger partial charge in [-0.15, -0.1) is 0 Å². The molecule has 6 heteroatoms. The van der Waals surface area contributed by atoms with Gasteiger partial charge in [-0.1, -0.05) is 46.3 Å². The summed E-state index contributed by atoms with van der Waals surface area (Å²) < 4.78 is 2.55. The Hall–Kier alpha value is -2.44. The maximum Gasteiger partial charge on any atom is 0.267 e. The van der Waals surface area contributed by atoms with Gasteiger partial charge in [0.1, 0.15) is 0 Å². The number of nitrogens with two attached hydrogens (primary N) is 1. The number of aromatic nitrogens is 1. The van der Waals surface area contributed by atoms with E-state index in [4.69, 9.17) is 5.84 Å². The monoisotopic (exact) mass is 385 g/mol. The Bertz CT molecular complexity index is 929. The van der Waals surface area contributed by atoms with E-state index in [1.54, 1.807) is 11.5 Å². The molecule has 0 bridgehead atoms. The molecular formula is C18H16BrN3O2. The third kappa shape index (κ3) is 2.86. The number of fused-ring (bicyclic) bond motifs is 1. The number of nitrogens with one attached hydrogen (secondary N) is 1. The normalized spacial score (nSPS) is 10.8. The number of nitrogens with zero attached hydrogens (tertiary/aromatic N) is 1. The third-order valence-electron chi connectivity index (χ3n) is 3.99. The highest BCUT2D eigenvalue weighted by Gasteiger charge is 2.22. The molecule has 1 amide bonds. The molecule has 0 radical (unpaired) electrons. The Morgan fingerprint density at radius 2 is 1.79 bits per heavy atom. The molecule has 0 aliphatic rings. The van der Waals surface area contributed by atoms with E-state index < -0.39 is 5.91 Å². The fourth-order valence-corrected chi connectivity index (χ4v) is 3.17. The molecule has 0 saturated carbocycles. The summed E-state index contributed by atoms with van der Waals surface area (Å²) in [7, 11) is 0. The van der Waals surface area contributed by atoms with Crippen LogP contribution >= 0.6 is 15.9 Å². The second kappa shape index (κ2) is 6.59. The number of hydrogen-bond acceptors (Lipinski definition) is 3. The molecule has 0 aliphatic heterocycles. The number of nitrogen functional groups attached to an aromatic ring is 1. The zero-order chi connectivity index (χ0) is 17.3. The summed E-state index contributed by atoms with van der Waals surface area (Å²) in [6.45, 7) is 1.75. The van der Waals surface area contributed by atoms with Crippen LogP contribution in [0.15, 0.2) is 53.0 Å². The molecule has 1 heterocycles. The number of hydrogen-bond donors (Lipinski definition) is 2. The molecule has 0 atom stereocenters. The zero-order valence-electron chi connectivity index (χ0n) is 13.0. The maximum absolute atomic E-state index is 12.8. The van der Waals surface area contributed by atoms with Gasteiger partial charge in [0.15, 0.2) is 0 Å². The first-order chi connectivity index (χ1) is 11.5. The molecule has 2 aromatic carbocycles. The molecule has 0 unspecified atom stereocenters. The third-order valence-corrected chi connectivity index (χ3v) is 4.52. The first kappa shape index (κ1) is 16.4. The van der Waals surface area contributed by atoms with E-state index in [9.17, 15) is 9.59 Å². The van der Waals surface area contributed by atoms with Crippen LogP contribution in [0.4, 0.5) is 0 Å². The van der Waals surface area contributed by atoms with Gasteiger partial charge >= 0.3 is 0 Å². The van der Waals surface area contributed by atoms with Crippen molar-refractivity contribution in [2.75, 3.05) is 0 Å². The van der Waals surface area contributed by atoms with Crippen LogP contribution in [0.2, 0.25) is 0 Å². The molecule has 5 nitrogen and oxygen atoms in total. The van der Waals surface area contributed by atoms with Crippen LogP contribution in [-0.4, -0.2) is 16.4 Å². The van der Waals surface area contributed by atoms with Gasteiger partial charge in [0.2, 0.25) is 5.91 Å².